The summed E-state index contributed by atoms with van der Waals surface area (Å²) in [4.78, 5) is 15.3. The number of rotatable bonds is 5. The van der Waals surface area contributed by atoms with Gasteiger partial charge in [0.15, 0.2) is 11.6 Å². The fourth-order valence-electron chi connectivity index (χ4n) is 7.40. The molecule has 5 nitrogen and oxygen atoms in total. The first-order valence-electron chi connectivity index (χ1n) is 17.0. The summed E-state index contributed by atoms with van der Waals surface area (Å²) in [5.41, 5.74) is 9.37. The third-order valence-corrected chi connectivity index (χ3v) is 9.74. The Balaban J connectivity index is 1.19. The molecule has 0 saturated carbocycles. The summed E-state index contributed by atoms with van der Waals surface area (Å²) < 4.78 is 8.93. The first kappa shape index (κ1) is 28.4. The Morgan fingerprint density at radius 2 is 1.22 bits per heavy atom. The van der Waals surface area contributed by atoms with Gasteiger partial charge in [-0.1, -0.05) is 121 Å². The van der Waals surface area contributed by atoms with E-state index in [1.165, 1.54) is 16.3 Å². The van der Waals surface area contributed by atoms with Crippen LogP contribution in [0.25, 0.3) is 84.5 Å². The summed E-state index contributed by atoms with van der Waals surface area (Å²) in [6, 6.07) is 52.6. The van der Waals surface area contributed by atoms with Crippen LogP contribution in [0.4, 0.5) is 0 Å². The minimum atomic E-state index is -0.0744. The molecule has 9 aromatic rings. The van der Waals surface area contributed by atoms with Gasteiger partial charge in [-0.3, -0.25) is 0 Å². The van der Waals surface area contributed by atoms with E-state index in [4.69, 9.17) is 19.4 Å². The van der Waals surface area contributed by atoms with E-state index in [9.17, 15) is 0 Å². The average Bonchev–Trinajstić information content (AvgIpc) is 3.74. The average molecular weight is 643 g/mol. The van der Waals surface area contributed by atoms with Gasteiger partial charge < -0.3 is 8.98 Å². The van der Waals surface area contributed by atoms with E-state index in [1.54, 1.807) is 0 Å². The van der Waals surface area contributed by atoms with Crippen molar-refractivity contribution in [1.82, 2.24) is 19.5 Å². The number of fused-ring (bicyclic) bond motifs is 7. The predicted octanol–water partition coefficient (Wildman–Crippen LogP) is 9.46. The van der Waals surface area contributed by atoms with Crippen LogP contribution in [0, 0.1) is 0 Å². The van der Waals surface area contributed by atoms with Crippen LogP contribution in [0.1, 0.15) is 18.2 Å². The number of hydrogen-bond donors (Lipinski definition) is 0. The molecule has 6 aromatic carbocycles. The minimum absolute atomic E-state index is 0.0744. The van der Waals surface area contributed by atoms with Crippen molar-refractivity contribution >= 4 is 44.9 Å². The van der Waals surface area contributed by atoms with Gasteiger partial charge in [0.25, 0.3) is 0 Å². The van der Waals surface area contributed by atoms with Gasteiger partial charge in [-0.15, -0.1) is 0 Å². The van der Waals surface area contributed by atoms with Crippen molar-refractivity contribution in [2.24, 2.45) is 0 Å². The summed E-state index contributed by atoms with van der Waals surface area (Å²) in [5, 5.41) is 4.60. The number of nitrogens with zero attached hydrogens (tertiary/aromatic N) is 4. The second kappa shape index (κ2) is 11.5. The molecule has 50 heavy (non-hydrogen) atoms. The molecule has 0 N–H and O–H groups in total. The van der Waals surface area contributed by atoms with Gasteiger partial charge in [-0.2, -0.15) is 0 Å². The van der Waals surface area contributed by atoms with Crippen LogP contribution < -0.4 is 10.6 Å². The highest BCUT2D eigenvalue weighted by Crippen LogP contribution is 2.36. The third kappa shape index (κ3) is 4.66. The lowest BCUT2D eigenvalue weighted by Gasteiger charge is -2.15. The second-order valence-corrected chi connectivity index (χ2v) is 12.8. The highest BCUT2D eigenvalue weighted by Gasteiger charge is 2.23. The zero-order chi connectivity index (χ0) is 33.0. The molecule has 0 radical (unpaired) electrons. The summed E-state index contributed by atoms with van der Waals surface area (Å²) in [6.45, 7) is 0. The maximum atomic E-state index is 6.56. The fraction of sp³-hybridized carbons (Fsp3) is 0.0444. The van der Waals surface area contributed by atoms with Gasteiger partial charge in [-0.25, -0.2) is 15.0 Å². The zero-order valence-electron chi connectivity index (χ0n) is 27.1. The summed E-state index contributed by atoms with van der Waals surface area (Å²) in [6.07, 6.45) is 5.23. The Morgan fingerprint density at radius 1 is 0.560 bits per heavy atom. The lowest BCUT2D eigenvalue weighted by molar-refractivity contribution is 0.569. The number of benzene rings is 6. The van der Waals surface area contributed by atoms with Crippen LogP contribution in [0.5, 0.6) is 0 Å². The smallest absolute Gasteiger partial charge is 0.163 e. The van der Waals surface area contributed by atoms with Gasteiger partial charge in [-0.05, 0) is 60.0 Å². The van der Waals surface area contributed by atoms with Crippen molar-refractivity contribution < 1.29 is 4.42 Å². The van der Waals surface area contributed by atoms with E-state index >= 15 is 0 Å². The molecule has 3 aromatic heterocycles. The van der Waals surface area contributed by atoms with Crippen LogP contribution in [0.15, 0.2) is 156 Å². The molecule has 1 atom stereocenters. The monoisotopic (exact) mass is 642 g/mol. The Bertz CT molecular complexity index is 2840. The normalized spacial score (nSPS) is 14.0. The summed E-state index contributed by atoms with van der Waals surface area (Å²) in [7, 11) is 0. The van der Waals surface area contributed by atoms with Crippen molar-refractivity contribution in [1.29, 1.82) is 0 Å². The molecule has 5 heteroatoms. The van der Waals surface area contributed by atoms with E-state index < -0.39 is 0 Å². The summed E-state index contributed by atoms with van der Waals surface area (Å²) in [5.74, 6) is 1.99. The lowest BCUT2D eigenvalue weighted by Crippen LogP contribution is -2.26. The van der Waals surface area contributed by atoms with Crippen LogP contribution in [-0.2, 0) is 0 Å². The molecule has 236 valence electrons. The molecule has 1 aliphatic rings. The van der Waals surface area contributed by atoms with Crippen molar-refractivity contribution in [3.8, 4) is 39.6 Å². The van der Waals surface area contributed by atoms with Crippen molar-refractivity contribution in [2.75, 3.05) is 0 Å². The molecule has 0 saturated heterocycles. The van der Waals surface area contributed by atoms with Crippen molar-refractivity contribution in [3.05, 3.63) is 168 Å². The lowest BCUT2D eigenvalue weighted by atomic mass is 9.97. The Labute approximate surface area is 288 Å². The first-order chi connectivity index (χ1) is 24.8. The molecule has 0 amide bonds. The van der Waals surface area contributed by atoms with E-state index in [0.29, 0.717) is 11.6 Å². The largest absolute Gasteiger partial charge is 0.456 e. The number of hydrogen-bond acceptors (Lipinski definition) is 4. The third-order valence-electron chi connectivity index (χ3n) is 9.74. The van der Waals surface area contributed by atoms with E-state index in [0.717, 1.165) is 67.3 Å². The zero-order valence-corrected chi connectivity index (χ0v) is 27.1. The van der Waals surface area contributed by atoms with E-state index in [-0.39, 0.29) is 5.92 Å². The quantitative estimate of drug-likeness (QED) is 0.188. The Morgan fingerprint density at radius 3 is 2.02 bits per heavy atom. The maximum Gasteiger partial charge on any atom is 0.163 e. The topological polar surface area (TPSA) is 56.7 Å². The van der Waals surface area contributed by atoms with E-state index in [1.807, 2.05) is 24.3 Å². The molecule has 1 unspecified atom stereocenters. The van der Waals surface area contributed by atoms with Crippen LogP contribution in [0.3, 0.4) is 0 Å². The van der Waals surface area contributed by atoms with Gasteiger partial charge in [0.05, 0.1) is 16.4 Å². The van der Waals surface area contributed by atoms with Gasteiger partial charge in [0.1, 0.15) is 16.8 Å². The molecule has 0 spiro atoms. The predicted molar refractivity (Wildman–Crippen MR) is 202 cm³/mol. The summed E-state index contributed by atoms with van der Waals surface area (Å²) >= 11 is 0. The Kier molecular flexibility index (Phi) is 6.56. The molecule has 0 bridgehead atoms. The van der Waals surface area contributed by atoms with Gasteiger partial charge in [0, 0.05) is 38.7 Å². The Hall–Kier alpha value is -6.59. The molecule has 10 rings (SSSR count). The fourth-order valence-corrected chi connectivity index (χ4v) is 7.40. The van der Waals surface area contributed by atoms with Gasteiger partial charge in [0.2, 0.25) is 0 Å². The minimum Gasteiger partial charge on any atom is -0.456 e. The number of para-hydroxylation sites is 2. The highest BCUT2D eigenvalue weighted by atomic mass is 16.3. The van der Waals surface area contributed by atoms with Crippen LogP contribution in [0.2, 0.25) is 0 Å². The molecule has 0 fully saturated rings. The molecular formula is C45H30N4O. The molecule has 3 heterocycles. The van der Waals surface area contributed by atoms with Crippen LogP contribution in [-0.4, -0.2) is 19.5 Å². The van der Waals surface area contributed by atoms with Crippen molar-refractivity contribution in [2.45, 2.75) is 12.3 Å². The SMILES string of the molecule is C1=c2oc3ccc4c5ccccc5n(-c5ccccc5)c4c3c2=CC(c2nc(-c3ccccc3)nc(-c3cccc(-c4ccccc4)c3)n2)C1. The van der Waals surface area contributed by atoms with Crippen LogP contribution >= 0.6 is 0 Å². The number of aromatic nitrogens is 4. The molecular weight excluding hydrogens is 613 g/mol. The highest BCUT2D eigenvalue weighted by molar-refractivity contribution is 6.18. The second-order valence-electron chi connectivity index (χ2n) is 12.8. The number of furan rings is 1. The molecule has 0 aliphatic heterocycles. The van der Waals surface area contributed by atoms with Gasteiger partial charge >= 0.3 is 0 Å². The maximum absolute atomic E-state index is 6.56. The van der Waals surface area contributed by atoms with E-state index in [2.05, 4.69) is 144 Å². The molecule has 1 aliphatic carbocycles. The standard InChI is InChI=1S/C45H30N4O/c1-4-13-29(14-5-1)31-17-12-18-32(27-31)44-46-43(30-15-6-2-7-16-30)47-45(48-44)33-23-25-39-37(28-33)41-40(50-39)26-24-36-35-21-10-11-22-38(35)49(42(36)41)34-19-8-3-9-20-34/h1-22,24-28,33H,23H2. The first-order valence-corrected chi connectivity index (χ1v) is 17.0. The van der Waals surface area contributed by atoms with Crippen molar-refractivity contribution in [3.63, 3.8) is 0 Å².